The SMILES string of the molecule is Brc1cccnc1.Brc1cccnc1.Brc1cccnc1.Brc1cccnc1.C1=Cc2cc3ccc(cc4ccc(cc5nc(cc1n2)C=C5)[nH]4)[nH]3.[Cu]. The molecular weight excluding hydrogens is 976 g/mol. The molecule has 13 heteroatoms. The maximum Gasteiger partial charge on any atom is 0.0659 e. The van der Waals surface area contributed by atoms with Crippen molar-refractivity contribution in [1.29, 1.82) is 0 Å². The van der Waals surface area contributed by atoms with Crippen molar-refractivity contribution in [3.8, 4) is 0 Å². The van der Waals surface area contributed by atoms with E-state index in [-0.39, 0.29) is 17.1 Å². The molecule has 9 heterocycles. The van der Waals surface area contributed by atoms with E-state index in [1.807, 2.05) is 91.0 Å². The van der Waals surface area contributed by atoms with Gasteiger partial charge in [0.2, 0.25) is 0 Å². The standard InChI is InChI=1S/C20H14N4.4C5H4BrN.Cu/c1-2-14-10-16-5-6-18(23-16)12-20-8-7-19(24-20)11-17-4-3-15(22-17)9-13(1)21-14;4*6-5-2-1-3-7-4-5;/h1-12,21-22H;4*1-4H;. The first-order valence-electron chi connectivity index (χ1n) is 15.6. The van der Waals surface area contributed by atoms with E-state index in [2.05, 4.69) is 134 Å². The number of pyridine rings is 4. The van der Waals surface area contributed by atoms with Crippen molar-refractivity contribution in [3.63, 3.8) is 0 Å². The topological polar surface area (TPSA) is 109 Å². The van der Waals surface area contributed by atoms with Crippen LogP contribution in [0.25, 0.3) is 46.4 Å². The van der Waals surface area contributed by atoms with Crippen molar-refractivity contribution >= 4 is 110 Å². The molecule has 9 rings (SSSR count). The predicted molar refractivity (Wildman–Crippen MR) is 227 cm³/mol. The van der Waals surface area contributed by atoms with Crippen LogP contribution in [0.5, 0.6) is 0 Å². The van der Waals surface area contributed by atoms with E-state index in [4.69, 9.17) is 0 Å². The van der Waals surface area contributed by atoms with E-state index in [1.54, 1.807) is 49.6 Å². The van der Waals surface area contributed by atoms with Crippen LogP contribution in [0.3, 0.4) is 0 Å². The number of nitrogens with one attached hydrogen (secondary N) is 2. The Bertz CT molecular complexity index is 2120. The molecule has 2 aliphatic rings. The van der Waals surface area contributed by atoms with Gasteiger partial charge < -0.3 is 9.97 Å². The minimum atomic E-state index is 0. The first-order chi connectivity index (χ1) is 25.4. The van der Waals surface area contributed by atoms with Crippen molar-refractivity contribution in [2.75, 3.05) is 0 Å². The monoisotopic (exact) mass is 1000 g/mol. The predicted octanol–water partition coefficient (Wildman–Crippen LogP) is 12.0. The first-order valence-corrected chi connectivity index (χ1v) is 18.8. The summed E-state index contributed by atoms with van der Waals surface area (Å²) in [5.41, 5.74) is 7.86. The number of aromatic amines is 2. The third kappa shape index (κ3) is 15.6. The van der Waals surface area contributed by atoms with E-state index >= 15 is 0 Å². The van der Waals surface area contributed by atoms with Crippen molar-refractivity contribution in [2.45, 2.75) is 0 Å². The Morgan fingerprint density at radius 1 is 0.358 bits per heavy atom. The van der Waals surface area contributed by atoms with Crippen LogP contribution in [0.4, 0.5) is 0 Å². The van der Waals surface area contributed by atoms with Gasteiger partial charge in [0.05, 0.1) is 22.8 Å². The quantitative estimate of drug-likeness (QED) is 0.147. The van der Waals surface area contributed by atoms with Gasteiger partial charge in [-0.15, -0.1) is 0 Å². The largest absolute Gasteiger partial charge is 0.355 e. The van der Waals surface area contributed by atoms with E-state index in [0.717, 1.165) is 62.7 Å². The number of H-pyrrole nitrogens is 2. The summed E-state index contributed by atoms with van der Waals surface area (Å²) in [6.45, 7) is 0. The maximum absolute atomic E-state index is 4.62. The summed E-state index contributed by atoms with van der Waals surface area (Å²) in [6, 6.07) is 31.7. The molecule has 7 aromatic heterocycles. The van der Waals surface area contributed by atoms with Crippen molar-refractivity contribution in [3.05, 3.63) is 187 Å². The molecule has 0 aromatic carbocycles. The number of hydrogen-bond acceptors (Lipinski definition) is 6. The minimum Gasteiger partial charge on any atom is -0.355 e. The zero-order valence-corrected chi connectivity index (χ0v) is 34.9. The zero-order chi connectivity index (χ0) is 36.4. The zero-order valence-electron chi connectivity index (χ0n) is 27.7. The van der Waals surface area contributed by atoms with E-state index in [0.29, 0.717) is 0 Å². The Kier molecular flexibility index (Phi) is 17.7. The molecule has 0 amide bonds. The number of aromatic nitrogens is 8. The van der Waals surface area contributed by atoms with Crippen LogP contribution in [0.15, 0.2) is 165 Å². The van der Waals surface area contributed by atoms with Crippen LogP contribution < -0.4 is 0 Å². The molecule has 2 N–H and O–H groups in total. The van der Waals surface area contributed by atoms with Crippen LogP contribution in [0, 0.1) is 0 Å². The van der Waals surface area contributed by atoms with Crippen LogP contribution in [0.2, 0.25) is 0 Å². The smallest absolute Gasteiger partial charge is 0.0659 e. The van der Waals surface area contributed by atoms with Crippen molar-refractivity contribution in [1.82, 2.24) is 39.9 Å². The van der Waals surface area contributed by atoms with Gasteiger partial charge in [0.25, 0.3) is 0 Å². The van der Waals surface area contributed by atoms with Crippen LogP contribution in [-0.4, -0.2) is 39.9 Å². The number of fused-ring (bicyclic) bond motifs is 8. The normalized spacial score (nSPS) is 10.3. The van der Waals surface area contributed by atoms with Crippen LogP contribution >= 0.6 is 63.7 Å². The molecule has 8 nitrogen and oxygen atoms in total. The van der Waals surface area contributed by atoms with Crippen LogP contribution in [-0.2, 0) is 17.1 Å². The van der Waals surface area contributed by atoms with Gasteiger partial charge in [-0.3, -0.25) is 19.9 Å². The molecule has 0 atom stereocenters. The summed E-state index contributed by atoms with van der Waals surface area (Å²) in [5, 5.41) is 0. The molecule has 0 unspecified atom stereocenters. The molecule has 269 valence electrons. The Balaban J connectivity index is 0.000000176. The molecular formula is C40H30Br4CuN8. The van der Waals surface area contributed by atoms with Gasteiger partial charge in [-0.1, -0.05) is 0 Å². The Morgan fingerprint density at radius 2 is 0.642 bits per heavy atom. The minimum absolute atomic E-state index is 0. The second-order valence-electron chi connectivity index (χ2n) is 10.6. The Labute approximate surface area is 351 Å². The van der Waals surface area contributed by atoms with E-state index in [9.17, 15) is 0 Å². The maximum atomic E-state index is 4.62. The average molecular weight is 1010 g/mol. The van der Waals surface area contributed by atoms with Gasteiger partial charge in [-0.05, 0) is 185 Å². The average Bonchev–Trinajstić information content (AvgIpc) is 3.98. The number of rotatable bonds is 0. The second kappa shape index (κ2) is 22.7. The molecule has 0 spiro atoms. The summed E-state index contributed by atoms with van der Waals surface area (Å²) in [7, 11) is 0. The fraction of sp³-hybridized carbons (Fsp3) is 0. The van der Waals surface area contributed by atoms with Crippen LogP contribution in [0.1, 0.15) is 22.8 Å². The fourth-order valence-corrected chi connectivity index (χ4v) is 5.39. The third-order valence-corrected chi connectivity index (χ3v) is 8.42. The summed E-state index contributed by atoms with van der Waals surface area (Å²) in [4.78, 5) is 31.4. The number of hydrogen-bond donors (Lipinski definition) is 2. The number of halogens is 4. The van der Waals surface area contributed by atoms with E-state index < -0.39 is 0 Å². The summed E-state index contributed by atoms with van der Waals surface area (Å²) in [6.07, 6.45) is 22.0. The van der Waals surface area contributed by atoms with Crippen molar-refractivity contribution in [2.24, 2.45) is 0 Å². The molecule has 53 heavy (non-hydrogen) atoms. The van der Waals surface area contributed by atoms with Gasteiger partial charge in [0.1, 0.15) is 0 Å². The molecule has 2 aliphatic heterocycles. The van der Waals surface area contributed by atoms with Gasteiger partial charge in [-0.2, -0.15) is 0 Å². The molecule has 1 radical (unpaired) electrons. The van der Waals surface area contributed by atoms with E-state index in [1.165, 1.54) is 0 Å². The van der Waals surface area contributed by atoms with Gasteiger partial charge in [0.15, 0.2) is 0 Å². The summed E-state index contributed by atoms with van der Waals surface area (Å²) < 4.78 is 4.09. The van der Waals surface area contributed by atoms with Crippen molar-refractivity contribution < 1.29 is 17.1 Å². The Hall–Kier alpha value is -4.36. The third-order valence-electron chi connectivity index (χ3n) is 6.54. The second-order valence-corrected chi connectivity index (χ2v) is 14.3. The molecule has 7 aromatic rings. The van der Waals surface area contributed by atoms with Gasteiger partial charge in [-0.25, -0.2) is 9.97 Å². The van der Waals surface area contributed by atoms with Gasteiger partial charge >= 0.3 is 0 Å². The Morgan fingerprint density at radius 3 is 0.887 bits per heavy atom. The number of nitrogens with zero attached hydrogens (tertiary/aromatic N) is 6. The summed E-state index contributed by atoms with van der Waals surface area (Å²) in [5.74, 6) is 0. The molecule has 0 saturated carbocycles. The molecule has 0 aliphatic carbocycles. The first kappa shape index (κ1) is 41.4. The fourth-order valence-electron chi connectivity index (χ4n) is 4.31. The summed E-state index contributed by atoms with van der Waals surface area (Å²) >= 11 is 13.0. The van der Waals surface area contributed by atoms with Gasteiger partial charge in [0, 0.05) is 107 Å². The molecule has 0 fully saturated rings. The molecule has 8 bridgehead atoms. The molecule has 0 saturated heterocycles.